The molecule has 1 aromatic rings. The van der Waals surface area contributed by atoms with Gasteiger partial charge in [0.2, 0.25) is 0 Å². The Morgan fingerprint density at radius 1 is 1.60 bits per heavy atom. The maximum Gasteiger partial charge on any atom is 0.329 e. The van der Waals surface area contributed by atoms with Gasteiger partial charge in [-0.05, 0) is 12.1 Å². The summed E-state index contributed by atoms with van der Waals surface area (Å²) >= 11 is 6.24. The molecule has 0 unspecified atom stereocenters. The lowest BCUT2D eigenvalue weighted by atomic mass is 10.3. The van der Waals surface area contributed by atoms with Crippen molar-refractivity contribution in [3.8, 4) is 0 Å². The molecule has 0 bridgehead atoms. The maximum atomic E-state index is 13.3. The molecule has 7 heteroatoms. The van der Waals surface area contributed by atoms with E-state index in [0.717, 1.165) is 11.3 Å². The Hall–Kier alpha value is -0.720. The highest BCUT2D eigenvalue weighted by atomic mass is 35.5. The number of rotatable bonds is 5. The van der Waals surface area contributed by atoms with Gasteiger partial charge in [-0.2, -0.15) is 8.78 Å². The van der Waals surface area contributed by atoms with Crippen LogP contribution in [-0.4, -0.2) is 24.3 Å². The molecule has 0 radical (unpaired) electrons. The number of hydrogen-bond donors (Lipinski definition) is 1. The fraction of sp³-hybridized carbons (Fsp3) is 0.375. The molecule has 0 atom stereocenters. The van der Waals surface area contributed by atoms with Gasteiger partial charge in [0.05, 0.1) is 9.21 Å². The molecule has 1 heterocycles. The van der Waals surface area contributed by atoms with E-state index in [2.05, 4.69) is 4.74 Å². The topological polar surface area (TPSA) is 46.5 Å². The van der Waals surface area contributed by atoms with Crippen molar-refractivity contribution in [1.82, 2.24) is 0 Å². The Morgan fingerprint density at radius 2 is 2.27 bits per heavy atom. The molecule has 0 aromatic carbocycles. The van der Waals surface area contributed by atoms with E-state index in [0.29, 0.717) is 0 Å². The number of carboxylic acid groups (broad SMARTS) is 1. The number of carbonyl (C=O) groups is 1. The molecule has 15 heavy (non-hydrogen) atoms. The van der Waals surface area contributed by atoms with Gasteiger partial charge in [-0.3, -0.25) is 0 Å². The molecular weight excluding hydrogens is 250 g/mol. The molecule has 0 aliphatic carbocycles. The highest BCUT2D eigenvalue weighted by Crippen LogP contribution is 2.35. The van der Waals surface area contributed by atoms with Crippen molar-refractivity contribution in [2.75, 3.05) is 13.2 Å². The van der Waals surface area contributed by atoms with E-state index >= 15 is 0 Å². The van der Waals surface area contributed by atoms with E-state index in [4.69, 9.17) is 16.7 Å². The van der Waals surface area contributed by atoms with Crippen LogP contribution in [0.3, 0.4) is 0 Å². The van der Waals surface area contributed by atoms with Crippen molar-refractivity contribution in [1.29, 1.82) is 0 Å². The average Bonchev–Trinajstić information content (AvgIpc) is 2.51. The van der Waals surface area contributed by atoms with Crippen LogP contribution in [-0.2, 0) is 15.5 Å². The van der Waals surface area contributed by atoms with Gasteiger partial charge >= 0.3 is 11.9 Å². The first kappa shape index (κ1) is 12.4. The van der Waals surface area contributed by atoms with Crippen LogP contribution >= 0.6 is 22.9 Å². The van der Waals surface area contributed by atoms with Crippen molar-refractivity contribution < 1.29 is 23.4 Å². The van der Waals surface area contributed by atoms with Crippen LogP contribution in [0.5, 0.6) is 0 Å². The van der Waals surface area contributed by atoms with E-state index < -0.39 is 25.1 Å². The van der Waals surface area contributed by atoms with Crippen molar-refractivity contribution in [2.45, 2.75) is 5.92 Å². The summed E-state index contributed by atoms with van der Waals surface area (Å²) in [6, 6.07) is 2.55. The molecule has 0 fully saturated rings. The first-order chi connectivity index (χ1) is 6.92. The summed E-state index contributed by atoms with van der Waals surface area (Å²) in [6.45, 7) is -1.70. The third-order valence-corrected chi connectivity index (χ3v) is 2.79. The average molecular weight is 257 g/mol. The van der Waals surface area contributed by atoms with Crippen molar-refractivity contribution in [3.63, 3.8) is 0 Å². The van der Waals surface area contributed by atoms with Crippen molar-refractivity contribution >= 4 is 28.9 Å². The number of hydrogen-bond acceptors (Lipinski definition) is 3. The van der Waals surface area contributed by atoms with E-state index in [1.165, 1.54) is 12.1 Å². The summed E-state index contributed by atoms with van der Waals surface area (Å²) in [5.74, 6) is -4.48. The van der Waals surface area contributed by atoms with E-state index in [9.17, 15) is 13.6 Å². The molecule has 0 aliphatic rings. The van der Waals surface area contributed by atoms with Gasteiger partial charge < -0.3 is 9.84 Å². The van der Waals surface area contributed by atoms with E-state index in [-0.39, 0.29) is 9.21 Å². The van der Waals surface area contributed by atoms with Gasteiger partial charge in [0, 0.05) is 0 Å². The lowest BCUT2D eigenvalue weighted by molar-refractivity contribution is -0.147. The monoisotopic (exact) mass is 256 g/mol. The maximum absolute atomic E-state index is 13.3. The Labute approximate surface area is 93.2 Å². The molecule has 1 rings (SSSR count). The minimum atomic E-state index is -3.20. The fourth-order valence-electron chi connectivity index (χ4n) is 0.849. The van der Waals surface area contributed by atoms with Crippen LogP contribution < -0.4 is 0 Å². The molecule has 84 valence electrons. The van der Waals surface area contributed by atoms with Gasteiger partial charge in [0.25, 0.3) is 0 Å². The number of ether oxygens (including phenoxy) is 1. The number of alkyl halides is 2. The minimum Gasteiger partial charge on any atom is -0.480 e. The smallest absolute Gasteiger partial charge is 0.329 e. The van der Waals surface area contributed by atoms with E-state index in [1.807, 2.05) is 0 Å². The Kier molecular flexibility index (Phi) is 4.01. The Bertz CT molecular complexity index is 353. The van der Waals surface area contributed by atoms with Gasteiger partial charge in [0.15, 0.2) is 0 Å². The molecule has 0 saturated heterocycles. The van der Waals surface area contributed by atoms with Crippen LogP contribution in [0.1, 0.15) is 4.88 Å². The predicted molar refractivity (Wildman–Crippen MR) is 51.7 cm³/mol. The second-order valence-corrected chi connectivity index (χ2v) is 4.41. The Balaban J connectivity index is 2.55. The van der Waals surface area contributed by atoms with Crippen molar-refractivity contribution in [3.05, 3.63) is 21.3 Å². The van der Waals surface area contributed by atoms with Crippen LogP contribution in [0.2, 0.25) is 4.34 Å². The molecule has 0 spiro atoms. The van der Waals surface area contributed by atoms with Crippen molar-refractivity contribution in [2.24, 2.45) is 0 Å². The predicted octanol–water partition coefficient (Wildman–Crippen LogP) is 2.59. The first-order valence-corrected chi connectivity index (χ1v) is 5.04. The zero-order chi connectivity index (χ0) is 11.5. The molecular formula is C8H7ClF2O3S. The summed E-state index contributed by atoms with van der Waals surface area (Å²) in [5, 5.41) is 8.20. The third-order valence-electron chi connectivity index (χ3n) is 1.44. The third kappa shape index (κ3) is 3.73. The van der Waals surface area contributed by atoms with E-state index in [1.54, 1.807) is 0 Å². The van der Waals surface area contributed by atoms with Gasteiger partial charge in [-0.15, -0.1) is 11.3 Å². The summed E-state index contributed by atoms with van der Waals surface area (Å²) in [7, 11) is 0. The molecule has 0 amide bonds. The SMILES string of the molecule is O=C(O)COCC(F)(F)c1ccc(Cl)s1. The Morgan fingerprint density at radius 3 is 2.73 bits per heavy atom. The first-order valence-electron chi connectivity index (χ1n) is 3.85. The second kappa shape index (κ2) is 4.87. The summed E-state index contributed by atoms with van der Waals surface area (Å²) in [5.41, 5.74) is 0. The molecule has 0 aliphatic heterocycles. The van der Waals surface area contributed by atoms with Gasteiger partial charge in [-0.25, -0.2) is 4.79 Å². The molecule has 3 nitrogen and oxygen atoms in total. The largest absolute Gasteiger partial charge is 0.480 e. The normalized spacial score (nSPS) is 11.7. The number of thiophene rings is 1. The highest BCUT2D eigenvalue weighted by Gasteiger charge is 2.33. The molecule has 1 N–H and O–H groups in total. The molecule has 1 aromatic heterocycles. The molecule has 0 saturated carbocycles. The minimum absolute atomic E-state index is 0.238. The van der Waals surface area contributed by atoms with Crippen LogP contribution in [0.15, 0.2) is 12.1 Å². The summed E-state index contributed by atoms with van der Waals surface area (Å²) < 4.78 is 31.1. The zero-order valence-electron chi connectivity index (χ0n) is 7.37. The summed E-state index contributed by atoms with van der Waals surface area (Å²) in [4.78, 5) is 9.80. The number of halogens is 3. The lowest BCUT2D eigenvalue weighted by Crippen LogP contribution is -2.22. The van der Waals surface area contributed by atoms with Gasteiger partial charge in [-0.1, -0.05) is 11.6 Å². The fourth-order valence-corrected chi connectivity index (χ4v) is 1.85. The van der Waals surface area contributed by atoms with Crippen LogP contribution in [0.25, 0.3) is 0 Å². The standard InChI is InChI=1S/C8H7ClF2O3S/c9-6-2-1-5(15-6)8(10,11)4-14-3-7(12)13/h1-2H,3-4H2,(H,12,13). The number of aliphatic carboxylic acids is 1. The highest BCUT2D eigenvalue weighted by molar-refractivity contribution is 7.16. The van der Waals surface area contributed by atoms with Crippen LogP contribution in [0, 0.1) is 0 Å². The summed E-state index contributed by atoms with van der Waals surface area (Å²) in [6.07, 6.45) is 0. The van der Waals surface area contributed by atoms with Crippen LogP contribution in [0.4, 0.5) is 8.78 Å². The quantitative estimate of drug-likeness (QED) is 0.881. The van der Waals surface area contributed by atoms with Gasteiger partial charge in [0.1, 0.15) is 13.2 Å². The zero-order valence-corrected chi connectivity index (χ0v) is 8.95. The number of carboxylic acids is 1. The lowest BCUT2D eigenvalue weighted by Gasteiger charge is -2.13. The second-order valence-electron chi connectivity index (χ2n) is 2.69.